The van der Waals surface area contributed by atoms with Crippen molar-refractivity contribution in [2.45, 2.75) is 47.6 Å². The number of aryl methyl sites for hydroxylation is 1. The lowest BCUT2D eigenvalue weighted by molar-refractivity contribution is -0.104. The number of rotatable bonds is 13. The number of carbonyl (C=O) groups is 2. The van der Waals surface area contributed by atoms with Gasteiger partial charge in [-0.25, -0.2) is 4.98 Å². The average Bonchev–Trinajstić information content (AvgIpc) is 3.07. The molecule has 10 nitrogen and oxygen atoms in total. The fraction of sp³-hybridized carbons (Fsp3) is 0.324. The molecule has 3 rings (SSSR count). The van der Waals surface area contributed by atoms with Crippen LogP contribution in [0, 0.1) is 6.92 Å². The van der Waals surface area contributed by atoms with Crippen LogP contribution in [0.25, 0.3) is 6.08 Å². The number of hydrogen-bond acceptors (Lipinski definition) is 9. The SMILES string of the molecule is C=C\C=C(O)/C(=C\C)C(/C=O)=C/c1cnc(Nc2ccc(CN(C)CCC)cc2)nc1N(C)C.CC.CNC(=O)c1cc(C)ccn1. The summed E-state index contributed by atoms with van der Waals surface area (Å²) in [4.78, 5) is 39.9. The molecule has 0 radical (unpaired) electrons. The van der Waals surface area contributed by atoms with Crippen molar-refractivity contribution in [1.82, 2.24) is 25.2 Å². The average molecular weight is 642 g/mol. The van der Waals surface area contributed by atoms with Gasteiger partial charge >= 0.3 is 0 Å². The Kier molecular flexibility index (Phi) is 18.4. The normalized spacial score (nSPS) is 11.4. The molecule has 0 saturated heterocycles. The predicted octanol–water partition coefficient (Wildman–Crippen LogP) is 7.06. The molecule has 252 valence electrons. The van der Waals surface area contributed by atoms with Crippen LogP contribution in [0.1, 0.15) is 61.3 Å². The molecule has 0 spiro atoms. The summed E-state index contributed by atoms with van der Waals surface area (Å²) in [5.41, 5.74) is 5.01. The molecule has 2 heterocycles. The van der Waals surface area contributed by atoms with E-state index in [9.17, 15) is 14.7 Å². The molecule has 0 saturated carbocycles. The van der Waals surface area contributed by atoms with E-state index in [1.165, 1.54) is 17.7 Å². The van der Waals surface area contributed by atoms with Gasteiger partial charge in [0.1, 0.15) is 17.3 Å². The topological polar surface area (TPSA) is 124 Å². The quantitative estimate of drug-likeness (QED) is 0.0779. The van der Waals surface area contributed by atoms with Crippen LogP contribution in [0.15, 0.2) is 90.5 Å². The summed E-state index contributed by atoms with van der Waals surface area (Å²) in [6.07, 6.45) is 11.4. The number of aliphatic hydroxyl groups excluding tert-OH is 1. The van der Waals surface area contributed by atoms with Crippen molar-refractivity contribution < 1.29 is 14.7 Å². The van der Waals surface area contributed by atoms with Crippen LogP contribution in [-0.2, 0) is 11.3 Å². The zero-order chi connectivity index (χ0) is 35.4. The second-order valence-corrected chi connectivity index (χ2v) is 10.4. The Bertz CT molecular complexity index is 1530. The van der Waals surface area contributed by atoms with E-state index in [0.717, 1.165) is 30.8 Å². The van der Waals surface area contributed by atoms with Gasteiger partial charge in [0.05, 0.1) is 0 Å². The lowest BCUT2D eigenvalue weighted by atomic mass is 10.0. The van der Waals surface area contributed by atoms with Crippen molar-refractivity contribution >= 4 is 35.7 Å². The summed E-state index contributed by atoms with van der Waals surface area (Å²) < 4.78 is 0. The molecule has 3 N–H and O–H groups in total. The van der Waals surface area contributed by atoms with Gasteiger partial charge in [0.25, 0.3) is 5.91 Å². The molecule has 47 heavy (non-hydrogen) atoms. The van der Waals surface area contributed by atoms with Gasteiger partial charge in [-0.05, 0) is 81.4 Å². The minimum absolute atomic E-state index is 0.0363. The van der Waals surface area contributed by atoms with E-state index < -0.39 is 0 Å². The molecule has 0 aliphatic rings. The Morgan fingerprint density at radius 1 is 1.09 bits per heavy atom. The van der Waals surface area contributed by atoms with Crippen LogP contribution >= 0.6 is 0 Å². The van der Waals surface area contributed by atoms with Crippen LogP contribution in [0.5, 0.6) is 0 Å². The number of benzene rings is 1. The monoisotopic (exact) mass is 641 g/mol. The van der Waals surface area contributed by atoms with E-state index in [-0.39, 0.29) is 11.7 Å². The Morgan fingerprint density at radius 2 is 1.77 bits per heavy atom. The third-order valence-electron chi connectivity index (χ3n) is 6.45. The highest BCUT2D eigenvalue weighted by Crippen LogP contribution is 2.25. The minimum Gasteiger partial charge on any atom is -0.507 e. The summed E-state index contributed by atoms with van der Waals surface area (Å²) in [5, 5.41) is 16.0. The van der Waals surface area contributed by atoms with Crippen LogP contribution in [0.3, 0.4) is 0 Å². The zero-order valence-electron chi connectivity index (χ0n) is 29.3. The number of pyridine rings is 1. The van der Waals surface area contributed by atoms with E-state index >= 15 is 0 Å². The Labute approximate surface area is 280 Å². The van der Waals surface area contributed by atoms with Gasteiger partial charge in [0, 0.05) is 62.5 Å². The summed E-state index contributed by atoms with van der Waals surface area (Å²) in [7, 11) is 7.45. The molecule has 1 amide bonds. The van der Waals surface area contributed by atoms with Crippen LogP contribution in [0.4, 0.5) is 17.5 Å². The van der Waals surface area contributed by atoms with Gasteiger partial charge in [0.15, 0.2) is 6.29 Å². The number of nitrogens with one attached hydrogen (secondary N) is 2. The van der Waals surface area contributed by atoms with Crippen molar-refractivity contribution in [3.63, 3.8) is 0 Å². The molecular weight excluding hydrogens is 590 g/mol. The van der Waals surface area contributed by atoms with Gasteiger partial charge < -0.3 is 25.5 Å². The van der Waals surface area contributed by atoms with Gasteiger partial charge in [0.2, 0.25) is 5.95 Å². The molecular formula is C37H51N7O3. The number of allylic oxidation sites excluding steroid dienone is 4. The van der Waals surface area contributed by atoms with E-state index in [1.54, 1.807) is 44.6 Å². The number of aromatic nitrogens is 3. The predicted molar refractivity (Wildman–Crippen MR) is 195 cm³/mol. The molecule has 0 aliphatic carbocycles. The number of hydrogen-bond donors (Lipinski definition) is 3. The standard InChI is InChI=1S/C27H35N5O2.C8H10N2O.C2H6/c1-7-10-25(34)24(9-3)22(19-33)16-21-17-28-27(30-26(21)31(4)5)29-23-13-11-20(12-14-23)18-32(6)15-8-2;1-6-3-4-10-7(5-6)8(11)9-2;1-2/h7,9-14,16-17,19,34H,1,8,15,18H2,2-6H3,(H,28,29,30);3-5H,1-2H3,(H,9,11);1-2H3/b22-16+,24-9-,25-10+;;. The first-order valence-electron chi connectivity index (χ1n) is 15.7. The molecule has 0 atom stereocenters. The Morgan fingerprint density at radius 3 is 2.30 bits per heavy atom. The molecule has 0 fully saturated rings. The maximum Gasteiger partial charge on any atom is 0.269 e. The van der Waals surface area contributed by atoms with Crippen molar-refractivity contribution in [2.24, 2.45) is 0 Å². The highest BCUT2D eigenvalue weighted by atomic mass is 16.3. The smallest absolute Gasteiger partial charge is 0.269 e. The zero-order valence-corrected chi connectivity index (χ0v) is 29.3. The molecule has 1 aromatic carbocycles. The van der Waals surface area contributed by atoms with Gasteiger partial charge in [-0.3, -0.25) is 14.6 Å². The van der Waals surface area contributed by atoms with Crippen LogP contribution < -0.4 is 15.5 Å². The number of amides is 1. The van der Waals surface area contributed by atoms with E-state index in [0.29, 0.717) is 40.5 Å². The van der Waals surface area contributed by atoms with Crippen molar-refractivity contribution in [2.75, 3.05) is 45.0 Å². The summed E-state index contributed by atoms with van der Waals surface area (Å²) in [5.74, 6) is 0.904. The van der Waals surface area contributed by atoms with E-state index in [4.69, 9.17) is 0 Å². The first kappa shape index (κ1) is 39.9. The highest BCUT2D eigenvalue weighted by molar-refractivity contribution is 5.92. The Balaban J connectivity index is 0.000000710. The van der Waals surface area contributed by atoms with Crippen LogP contribution in [0.2, 0.25) is 0 Å². The van der Waals surface area contributed by atoms with Gasteiger partial charge in [-0.1, -0.05) is 51.6 Å². The lowest BCUT2D eigenvalue weighted by Gasteiger charge is -2.17. The van der Waals surface area contributed by atoms with Gasteiger partial charge in [-0.2, -0.15) is 4.98 Å². The maximum atomic E-state index is 11.8. The minimum atomic E-state index is -0.145. The number of aldehydes is 1. The summed E-state index contributed by atoms with van der Waals surface area (Å²) >= 11 is 0. The largest absolute Gasteiger partial charge is 0.507 e. The number of anilines is 3. The second kappa shape index (κ2) is 21.6. The first-order valence-corrected chi connectivity index (χ1v) is 15.7. The summed E-state index contributed by atoms with van der Waals surface area (Å²) in [6.45, 7) is 15.4. The van der Waals surface area contributed by atoms with E-state index in [2.05, 4.69) is 63.2 Å². The Hall–Kier alpha value is -5.09. The third-order valence-corrected chi connectivity index (χ3v) is 6.45. The number of nitrogens with zero attached hydrogens (tertiary/aromatic N) is 5. The summed E-state index contributed by atoms with van der Waals surface area (Å²) in [6, 6.07) is 11.8. The second-order valence-electron chi connectivity index (χ2n) is 10.4. The van der Waals surface area contributed by atoms with Crippen molar-refractivity contribution in [3.8, 4) is 0 Å². The fourth-order valence-electron chi connectivity index (χ4n) is 4.29. The molecule has 0 bridgehead atoms. The third kappa shape index (κ3) is 13.4. The van der Waals surface area contributed by atoms with E-state index in [1.807, 2.05) is 58.0 Å². The molecule has 3 aromatic rings. The molecule has 10 heteroatoms. The van der Waals surface area contributed by atoms with Gasteiger partial charge in [-0.15, -0.1) is 0 Å². The fourth-order valence-corrected chi connectivity index (χ4v) is 4.29. The number of aliphatic hydroxyl groups is 1. The van der Waals surface area contributed by atoms with Crippen molar-refractivity contribution in [3.05, 3.63) is 113 Å². The van der Waals surface area contributed by atoms with Crippen LogP contribution in [-0.4, -0.2) is 71.9 Å². The lowest BCUT2D eigenvalue weighted by Crippen LogP contribution is -2.19. The number of carbonyl (C=O) groups excluding carboxylic acids is 2. The first-order chi connectivity index (χ1) is 22.6. The molecule has 2 aromatic heterocycles. The molecule has 0 aliphatic heterocycles. The molecule has 0 unspecified atom stereocenters. The maximum absolute atomic E-state index is 11.8. The van der Waals surface area contributed by atoms with Crippen molar-refractivity contribution in [1.29, 1.82) is 0 Å². The highest BCUT2D eigenvalue weighted by Gasteiger charge is 2.13.